The average Bonchev–Trinajstić information content (AvgIpc) is 4.07. The molecule has 4 aliphatic heterocycles. The van der Waals surface area contributed by atoms with Gasteiger partial charge in [0.15, 0.2) is 10.1 Å². The number of rotatable bonds is 6. The zero-order valence-corrected chi connectivity index (χ0v) is 38.3. The number of piperidine rings is 2. The van der Waals surface area contributed by atoms with E-state index < -0.39 is 20.0 Å². The maximum Gasteiger partial charge on any atom is 0.287 e. The highest BCUT2D eigenvalue weighted by atomic mass is 32.2. The monoisotopic (exact) mass is 896 g/mol. The fourth-order valence-corrected chi connectivity index (χ4v) is 12.7. The summed E-state index contributed by atoms with van der Waals surface area (Å²) in [5.41, 5.74) is 5.94. The van der Waals surface area contributed by atoms with Crippen LogP contribution in [0.15, 0.2) is 71.5 Å². The Balaban J connectivity index is 0.000000160. The summed E-state index contributed by atoms with van der Waals surface area (Å²) in [6.45, 7) is 10.2. The van der Waals surface area contributed by atoms with Crippen LogP contribution in [0.1, 0.15) is 82.8 Å². The molecule has 2 aromatic carbocycles. The van der Waals surface area contributed by atoms with Gasteiger partial charge < -0.3 is 29.2 Å². The lowest BCUT2D eigenvalue weighted by atomic mass is 9.98. The summed E-state index contributed by atoms with van der Waals surface area (Å²) in [5, 5.41) is 5.04. The number of nitrogens with one attached hydrogen (secondary N) is 1. The highest BCUT2D eigenvalue weighted by Crippen LogP contribution is 2.36. The van der Waals surface area contributed by atoms with Crippen LogP contribution in [0.25, 0.3) is 21.8 Å². The summed E-state index contributed by atoms with van der Waals surface area (Å²) in [6, 6.07) is 10.8. The van der Waals surface area contributed by atoms with E-state index in [0.717, 1.165) is 91.7 Å². The Morgan fingerprint density at radius 1 is 0.635 bits per heavy atom. The number of benzene rings is 2. The normalized spacial score (nSPS) is 18.0. The number of fused-ring (bicyclic) bond motifs is 6. The number of carbonyl (C=O) groups is 2. The van der Waals surface area contributed by atoms with Crippen molar-refractivity contribution in [2.24, 2.45) is 25.9 Å². The van der Waals surface area contributed by atoms with Crippen molar-refractivity contribution in [3.63, 3.8) is 0 Å². The van der Waals surface area contributed by atoms with E-state index in [1.54, 1.807) is 47.5 Å². The minimum Gasteiger partial charge on any atom is -0.339 e. The minimum absolute atomic E-state index is 0.0200. The molecule has 2 amide bonds. The fourth-order valence-electron chi connectivity index (χ4n) is 9.54. The topological polar surface area (TPSA) is 170 Å². The molecular formula is C45H56N10O6S2. The molecule has 334 valence electrons. The Morgan fingerprint density at radius 2 is 1.10 bits per heavy atom. The maximum absolute atomic E-state index is 13.6. The van der Waals surface area contributed by atoms with Crippen LogP contribution < -0.4 is 5.32 Å². The van der Waals surface area contributed by atoms with Crippen molar-refractivity contribution in [2.45, 2.75) is 75.5 Å². The molecule has 16 nitrogen and oxygen atoms in total. The molecule has 0 saturated carbocycles. The molecule has 4 aliphatic rings. The van der Waals surface area contributed by atoms with Crippen LogP contribution in [-0.2, 0) is 60.1 Å². The van der Waals surface area contributed by atoms with Gasteiger partial charge in [0.05, 0.1) is 23.7 Å². The second-order valence-electron chi connectivity index (χ2n) is 18.0. The minimum atomic E-state index is -3.85. The van der Waals surface area contributed by atoms with Crippen molar-refractivity contribution in [3.8, 4) is 0 Å². The summed E-state index contributed by atoms with van der Waals surface area (Å²) in [7, 11) is -2.16. The predicted molar refractivity (Wildman–Crippen MR) is 240 cm³/mol. The van der Waals surface area contributed by atoms with Crippen LogP contribution in [0.3, 0.4) is 0 Å². The van der Waals surface area contributed by atoms with E-state index in [0.29, 0.717) is 66.5 Å². The lowest BCUT2D eigenvalue weighted by molar-refractivity contribution is 0.0689. The van der Waals surface area contributed by atoms with E-state index in [9.17, 15) is 26.4 Å². The molecular weight excluding hydrogens is 841 g/mol. The van der Waals surface area contributed by atoms with Gasteiger partial charge in [-0.15, -0.1) is 0 Å². The molecule has 0 aliphatic carbocycles. The number of likely N-dealkylation sites (tertiary alicyclic amines) is 2. The number of nitrogens with zero attached hydrogens (tertiary/aromatic N) is 9. The van der Waals surface area contributed by atoms with Crippen molar-refractivity contribution >= 4 is 53.7 Å². The van der Waals surface area contributed by atoms with Gasteiger partial charge >= 0.3 is 0 Å². The van der Waals surface area contributed by atoms with Crippen molar-refractivity contribution in [3.05, 3.63) is 95.1 Å². The molecule has 2 saturated heterocycles. The summed E-state index contributed by atoms with van der Waals surface area (Å²) < 4.78 is 60.2. The van der Waals surface area contributed by atoms with E-state index >= 15 is 0 Å². The van der Waals surface area contributed by atoms with Gasteiger partial charge in [0.25, 0.3) is 31.9 Å². The third kappa shape index (κ3) is 7.88. The molecule has 8 heterocycles. The highest BCUT2D eigenvalue weighted by Gasteiger charge is 2.33. The molecule has 2 fully saturated rings. The molecule has 0 bridgehead atoms. The molecule has 4 aromatic heterocycles. The van der Waals surface area contributed by atoms with Gasteiger partial charge in [-0.1, -0.05) is 13.8 Å². The van der Waals surface area contributed by atoms with Crippen molar-refractivity contribution in [2.75, 3.05) is 46.3 Å². The number of amides is 2. The van der Waals surface area contributed by atoms with E-state index in [-0.39, 0.29) is 21.9 Å². The van der Waals surface area contributed by atoms with Crippen LogP contribution in [0.4, 0.5) is 0 Å². The average molecular weight is 897 g/mol. The molecule has 10 rings (SSSR count). The lowest BCUT2D eigenvalue weighted by Crippen LogP contribution is -2.37. The maximum atomic E-state index is 13.6. The number of hydrogen-bond acceptors (Lipinski definition) is 10. The van der Waals surface area contributed by atoms with Gasteiger partial charge in [-0.2, -0.15) is 16.8 Å². The van der Waals surface area contributed by atoms with Gasteiger partial charge in [-0.3, -0.25) is 9.59 Å². The smallest absolute Gasteiger partial charge is 0.287 e. The zero-order chi connectivity index (χ0) is 44.4. The van der Waals surface area contributed by atoms with Gasteiger partial charge in [-0.25, -0.2) is 17.9 Å². The Kier molecular flexibility index (Phi) is 11.4. The van der Waals surface area contributed by atoms with E-state index in [4.69, 9.17) is 0 Å². The van der Waals surface area contributed by atoms with Gasteiger partial charge in [0.2, 0.25) is 0 Å². The van der Waals surface area contributed by atoms with Crippen LogP contribution in [0.2, 0.25) is 0 Å². The quantitative estimate of drug-likeness (QED) is 0.250. The lowest BCUT2D eigenvalue weighted by Gasteiger charge is -2.30. The molecule has 0 spiro atoms. The van der Waals surface area contributed by atoms with E-state index in [1.165, 1.54) is 33.0 Å². The van der Waals surface area contributed by atoms with E-state index in [1.807, 2.05) is 29.0 Å². The Bertz CT molecular complexity index is 2960. The first-order valence-electron chi connectivity index (χ1n) is 21.9. The van der Waals surface area contributed by atoms with Crippen molar-refractivity contribution < 1.29 is 26.4 Å². The highest BCUT2D eigenvalue weighted by molar-refractivity contribution is 7.90. The number of imidazole rings is 2. The Morgan fingerprint density at radius 3 is 1.56 bits per heavy atom. The molecule has 1 N–H and O–H groups in total. The fraction of sp³-hybridized carbons (Fsp3) is 0.467. The Labute approximate surface area is 368 Å². The molecule has 6 aromatic rings. The standard InChI is InChI=1S/C23H29N5O3S.C22H27N5O3S/c1-16-6-10-27(11-7-16)23(29)17-4-5-20-18(12-17)19-13-25(2)9-8-21(19)28(20)32(30,31)22-14-26(3)15-24-22;1-15-6-9-26(10-7-15)22(28)16-3-4-19-17(11-16)18-12-23-8-5-20(18)27(19)31(29,30)21-13-25(2)14-24-21/h4-5,12,14-16H,6-11,13H2,1-3H3;3-4,11,13-15,23H,5-10,12H2,1-2H3. The molecule has 63 heavy (non-hydrogen) atoms. The van der Waals surface area contributed by atoms with Crippen LogP contribution >= 0.6 is 0 Å². The summed E-state index contributed by atoms with van der Waals surface area (Å²) in [4.78, 5) is 40.5. The first kappa shape index (κ1) is 43.0. The van der Waals surface area contributed by atoms with Crippen LogP contribution in [0, 0.1) is 11.8 Å². The third-order valence-corrected chi connectivity index (χ3v) is 16.5. The SMILES string of the molecule is CC1CCN(C(=O)c2ccc3c(c2)c2c(n3S(=O)(=O)c3cn(C)cn3)CCN(C)C2)CC1.CC1CCN(C(=O)c2ccc3c(c2)c2c(n3S(=O)(=O)c3cn(C)cn3)CCNC2)CC1. The van der Waals surface area contributed by atoms with E-state index in [2.05, 4.69) is 34.0 Å². The third-order valence-electron chi connectivity index (χ3n) is 13.3. The summed E-state index contributed by atoms with van der Waals surface area (Å²) in [6.07, 6.45) is 11.3. The van der Waals surface area contributed by atoms with Crippen LogP contribution in [-0.4, -0.2) is 117 Å². The summed E-state index contributed by atoms with van der Waals surface area (Å²) in [5.74, 6) is 1.34. The number of aryl methyl sites for hydroxylation is 2. The number of aromatic nitrogens is 6. The van der Waals surface area contributed by atoms with Gasteiger partial charge in [0, 0.05) is 125 Å². The zero-order valence-electron chi connectivity index (χ0n) is 36.6. The number of carbonyl (C=O) groups excluding carboxylic acids is 2. The largest absolute Gasteiger partial charge is 0.339 e. The molecule has 0 unspecified atom stereocenters. The number of likely N-dealkylation sites (N-methyl/N-ethyl adjacent to an activating group) is 1. The predicted octanol–water partition coefficient (Wildman–Crippen LogP) is 4.60. The number of hydrogen-bond donors (Lipinski definition) is 1. The second-order valence-corrected chi connectivity index (χ2v) is 21.4. The molecule has 0 radical (unpaired) electrons. The summed E-state index contributed by atoms with van der Waals surface area (Å²) >= 11 is 0. The van der Waals surface area contributed by atoms with Crippen molar-refractivity contribution in [1.29, 1.82) is 0 Å². The van der Waals surface area contributed by atoms with Crippen molar-refractivity contribution in [1.82, 2.24) is 47.1 Å². The van der Waals surface area contributed by atoms with Crippen LogP contribution in [0.5, 0.6) is 0 Å². The Hall–Kier alpha value is -5.30. The first-order valence-corrected chi connectivity index (χ1v) is 24.8. The van der Waals surface area contributed by atoms with Gasteiger partial charge in [0.1, 0.15) is 0 Å². The first-order chi connectivity index (χ1) is 30.1. The molecule has 18 heteroatoms. The molecule has 0 atom stereocenters. The second kappa shape index (κ2) is 16.7. The van der Waals surface area contributed by atoms with Gasteiger partial charge in [-0.05, 0) is 92.1 Å².